The van der Waals surface area contributed by atoms with Crippen LogP contribution in [0.3, 0.4) is 0 Å². The second-order valence-corrected chi connectivity index (χ2v) is 6.85. The van der Waals surface area contributed by atoms with Crippen LogP contribution in [0.15, 0.2) is 24.3 Å². The van der Waals surface area contributed by atoms with Crippen molar-refractivity contribution in [3.8, 4) is 0 Å². The molecule has 2 N–H and O–H groups in total. The summed E-state index contributed by atoms with van der Waals surface area (Å²) in [5, 5.41) is 0. The van der Waals surface area contributed by atoms with Gasteiger partial charge < -0.3 is 10.5 Å². The first-order valence-corrected chi connectivity index (χ1v) is 8.34. The van der Waals surface area contributed by atoms with Gasteiger partial charge in [-0.05, 0) is 29.9 Å². The molecular formula is C18H26N2O2. The summed E-state index contributed by atoms with van der Waals surface area (Å²) >= 11 is 0. The van der Waals surface area contributed by atoms with Crippen LogP contribution in [0, 0.1) is 5.92 Å². The number of fused-ring (bicyclic) bond motifs is 3. The Morgan fingerprint density at radius 3 is 2.86 bits per heavy atom. The number of hydrogen-bond donors (Lipinski definition) is 1. The second-order valence-electron chi connectivity index (χ2n) is 6.85. The molecular weight excluding hydrogens is 276 g/mol. The van der Waals surface area contributed by atoms with Crippen LogP contribution in [0.4, 0.5) is 0 Å². The molecule has 1 saturated heterocycles. The molecule has 120 valence electrons. The molecule has 0 aliphatic carbocycles. The third-order valence-corrected chi connectivity index (χ3v) is 5.02. The minimum Gasteiger partial charge on any atom is -0.461 e. The van der Waals surface area contributed by atoms with E-state index in [0.717, 1.165) is 32.4 Å². The van der Waals surface area contributed by atoms with Crippen molar-refractivity contribution < 1.29 is 9.53 Å². The molecule has 1 aromatic carbocycles. The predicted molar refractivity (Wildman–Crippen MR) is 86.4 cm³/mol. The van der Waals surface area contributed by atoms with Gasteiger partial charge in [-0.15, -0.1) is 0 Å². The van der Waals surface area contributed by atoms with Crippen LogP contribution < -0.4 is 5.73 Å². The van der Waals surface area contributed by atoms with Gasteiger partial charge in [0.25, 0.3) is 0 Å². The molecule has 2 aliphatic rings. The summed E-state index contributed by atoms with van der Waals surface area (Å²) in [5.41, 5.74) is 8.75. The first-order valence-electron chi connectivity index (χ1n) is 8.34. The first-order chi connectivity index (χ1) is 10.6. The van der Waals surface area contributed by atoms with Crippen molar-refractivity contribution in [2.45, 2.75) is 51.3 Å². The summed E-state index contributed by atoms with van der Waals surface area (Å²) in [5.74, 6) is -0.138. The highest BCUT2D eigenvalue weighted by atomic mass is 16.5. The minimum atomic E-state index is -0.517. The normalized spacial score (nSPS) is 26.2. The molecule has 0 radical (unpaired) electrons. The molecule has 0 aromatic heterocycles. The Bertz CT molecular complexity index is 544. The molecule has 3 unspecified atom stereocenters. The van der Waals surface area contributed by atoms with E-state index in [1.54, 1.807) is 0 Å². The van der Waals surface area contributed by atoms with E-state index in [0.29, 0.717) is 6.04 Å². The minimum absolute atomic E-state index is 0.00953. The van der Waals surface area contributed by atoms with Crippen LogP contribution in [0.5, 0.6) is 0 Å². The lowest BCUT2D eigenvalue weighted by atomic mass is 9.86. The third kappa shape index (κ3) is 3.03. The fourth-order valence-electron chi connectivity index (χ4n) is 3.55. The van der Waals surface area contributed by atoms with E-state index in [1.165, 1.54) is 11.1 Å². The maximum absolute atomic E-state index is 12.1. The summed E-state index contributed by atoms with van der Waals surface area (Å²) in [4.78, 5) is 14.6. The van der Waals surface area contributed by atoms with Crippen molar-refractivity contribution in [3.05, 3.63) is 35.4 Å². The predicted octanol–water partition coefficient (Wildman–Crippen LogP) is 2.27. The van der Waals surface area contributed by atoms with Crippen LogP contribution in [0.25, 0.3) is 0 Å². The monoisotopic (exact) mass is 302 g/mol. The Balaban J connectivity index is 1.69. The Labute approximate surface area is 132 Å². The number of piperidine rings is 1. The van der Waals surface area contributed by atoms with Crippen LogP contribution in [-0.2, 0) is 16.0 Å². The lowest BCUT2D eigenvalue weighted by Gasteiger charge is -2.43. The van der Waals surface area contributed by atoms with Crippen LogP contribution in [-0.4, -0.2) is 36.1 Å². The van der Waals surface area contributed by atoms with Crippen LogP contribution >= 0.6 is 0 Å². The van der Waals surface area contributed by atoms with Gasteiger partial charge >= 0.3 is 5.97 Å². The molecule has 2 aliphatic heterocycles. The Hall–Kier alpha value is -1.39. The highest BCUT2D eigenvalue weighted by Gasteiger charge is 2.35. The van der Waals surface area contributed by atoms with Crippen molar-refractivity contribution in [2.24, 2.45) is 11.7 Å². The molecule has 1 aromatic rings. The number of nitrogens with two attached hydrogens (primary N) is 1. The average Bonchev–Trinajstić information content (AvgIpc) is 2.53. The molecule has 22 heavy (non-hydrogen) atoms. The summed E-state index contributed by atoms with van der Waals surface area (Å²) in [6, 6.07) is 8.51. The summed E-state index contributed by atoms with van der Waals surface area (Å²) < 4.78 is 5.69. The van der Waals surface area contributed by atoms with Gasteiger partial charge in [0.15, 0.2) is 0 Å². The average molecular weight is 302 g/mol. The van der Waals surface area contributed by atoms with Gasteiger partial charge in [-0.2, -0.15) is 0 Å². The maximum atomic E-state index is 12.1. The number of nitrogens with zero attached hydrogens (tertiary/aromatic N) is 1. The van der Waals surface area contributed by atoms with Gasteiger partial charge in [0, 0.05) is 25.6 Å². The van der Waals surface area contributed by atoms with Crippen molar-refractivity contribution >= 4 is 5.97 Å². The number of benzene rings is 1. The van der Waals surface area contributed by atoms with E-state index < -0.39 is 6.04 Å². The SMILES string of the molecule is CC(C)C(N)C(=O)OC1CCN2CCc3ccccc3C2C1. The lowest BCUT2D eigenvalue weighted by Crippen LogP contribution is -2.46. The highest BCUT2D eigenvalue weighted by Crippen LogP contribution is 2.37. The van der Waals surface area contributed by atoms with Gasteiger partial charge in [-0.3, -0.25) is 9.69 Å². The third-order valence-electron chi connectivity index (χ3n) is 5.02. The summed E-state index contributed by atoms with van der Waals surface area (Å²) in [6.07, 6.45) is 2.91. The largest absolute Gasteiger partial charge is 0.461 e. The fourth-order valence-corrected chi connectivity index (χ4v) is 3.55. The van der Waals surface area contributed by atoms with Crippen molar-refractivity contribution in [2.75, 3.05) is 13.1 Å². The molecule has 0 spiro atoms. The number of hydrogen-bond acceptors (Lipinski definition) is 4. The molecule has 4 nitrogen and oxygen atoms in total. The van der Waals surface area contributed by atoms with Crippen molar-refractivity contribution in [3.63, 3.8) is 0 Å². The molecule has 2 heterocycles. The molecule has 3 atom stereocenters. The molecule has 0 bridgehead atoms. The summed E-state index contributed by atoms with van der Waals surface area (Å²) in [7, 11) is 0. The van der Waals surface area contributed by atoms with Crippen molar-refractivity contribution in [1.29, 1.82) is 0 Å². The first kappa shape index (κ1) is 15.5. The maximum Gasteiger partial charge on any atom is 0.323 e. The van der Waals surface area contributed by atoms with E-state index in [1.807, 2.05) is 13.8 Å². The van der Waals surface area contributed by atoms with Crippen LogP contribution in [0.1, 0.15) is 43.9 Å². The Kier molecular flexibility index (Phi) is 4.50. The number of carbonyl (C=O) groups excluding carboxylic acids is 1. The van der Waals surface area contributed by atoms with Gasteiger partial charge in [0.05, 0.1) is 0 Å². The van der Waals surface area contributed by atoms with Gasteiger partial charge in [0.2, 0.25) is 0 Å². The standard InChI is InChI=1S/C18H26N2O2/c1-12(2)17(19)18(21)22-14-8-10-20-9-7-13-5-3-4-6-15(13)16(20)11-14/h3-6,12,14,16-17H,7-11,19H2,1-2H3. The van der Waals surface area contributed by atoms with E-state index in [2.05, 4.69) is 29.2 Å². The fraction of sp³-hybridized carbons (Fsp3) is 0.611. The number of ether oxygens (including phenoxy) is 1. The van der Waals surface area contributed by atoms with E-state index in [-0.39, 0.29) is 18.0 Å². The van der Waals surface area contributed by atoms with E-state index >= 15 is 0 Å². The summed E-state index contributed by atoms with van der Waals surface area (Å²) in [6.45, 7) is 6.00. The zero-order valence-electron chi connectivity index (χ0n) is 13.5. The Morgan fingerprint density at radius 1 is 1.32 bits per heavy atom. The van der Waals surface area contributed by atoms with E-state index in [9.17, 15) is 4.79 Å². The Morgan fingerprint density at radius 2 is 2.09 bits per heavy atom. The molecule has 3 rings (SSSR count). The molecule has 0 amide bonds. The number of carbonyl (C=O) groups is 1. The highest BCUT2D eigenvalue weighted by molar-refractivity contribution is 5.75. The topological polar surface area (TPSA) is 55.6 Å². The molecule has 0 saturated carbocycles. The van der Waals surface area contributed by atoms with Gasteiger partial charge in [0.1, 0.15) is 12.1 Å². The second kappa shape index (κ2) is 6.39. The number of rotatable bonds is 3. The van der Waals surface area contributed by atoms with Gasteiger partial charge in [-0.25, -0.2) is 0 Å². The van der Waals surface area contributed by atoms with E-state index in [4.69, 9.17) is 10.5 Å². The smallest absolute Gasteiger partial charge is 0.323 e. The lowest BCUT2D eigenvalue weighted by molar-refractivity contribution is -0.155. The number of esters is 1. The zero-order valence-corrected chi connectivity index (χ0v) is 13.5. The quantitative estimate of drug-likeness (QED) is 0.870. The van der Waals surface area contributed by atoms with Crippen molar-refractivity contribution in [1.82, 2.24) is 4.90 Å². The molecule has 4 heteroatoms. The molecule has 1 fully saturated rings. The van der Waals surface area contributed by atoms with Crippen LogP contribution in [0.2, 0.25) is 0 Å². The zero-order chi connectivity index (χ0) is 15.7. The van der Waals surface area contributed by atoms with Gasteiger partial charge in [-0.1, -0.05) is 38.1 Å².